The van der Waals surface area contributed by atoms with Crippen molar-refractivity contribution in [3.63, 3.8) is 0 Å². The highest BCUT2D eigenvalue weighted by atomic mass is 32.2. The first-order valence-electron chi connectivity index (χ1n) is 10.3. The number of aryl methyl sites for hydroxylation is 3. The quantitative estimate of drug-likeness (QED) is 0.445. The molecule has 0 saturated carbocycles. The highest BCUT2D eigenvalue weighted by Gasteiger charge is 2.21. The topological polar surface area (TPSA) is 71.0 Å². The molecule has 8 heteroatoms. The summed E-state index contributed by atoms with van der Waals surface area (Å²) in [4.78, 5) is 28.5. The van der Waals surface area contributed by atoms with E-state index in [0.29, 0.717) is 11.7 Å². The first kappa shape index (κ1) is 21.1. The lowest BCUT2D eigenvalue weighted by molar-refractivity contribution is -0.113. The minimum atomic E-state index is -0.0311. The molecule has 1 amide bonds. The van der Waals surface area contributed by atoms with Crippen molar-refractivity contribution in [1.29, 1.82) is 0 Å². The molecule has 4 rings (SSSR count). The van der Waals surface area contributed by atoms with E-state index in [9.17, 15) is 4.79 Å². The number of carbonyl (C=O) groups is 1. The molecule has 0 aliphatic carbocycles. The summed E-state index contributed by atoms with van der Waals surface area (Å²) < 4.78 is 0.964. The van der Waals surface area contributed by atoms with Crippen LogP contribution in [0.1, 0.15) is 36.5 Å². The molecule has 1 fully saturated rings. The Kier molecular flexibility index (Phi) is 6.24. The number of thiazole rings is 1. The average Bonchev–Trinajstić information content (AvgIpc) is 3.14. The SMILES string of the molecule is Cc1cc(C)c(NC(=O)CSc2ncnc3nc(N4CCCC(C)C4)sc23)c(C)c1. The molecule has 1 unspecified atom stereocenters. The highest BCUT2D eigenvalue weighted by molar-refractivity contribution is 8.00. The number of benzene rings is 1. The average molecular weight is 442 g/mol. The van der Waals surface area contributed by atoms with Gasteiger partial charge in [-0.25, -0.2) is 9.97 Å². The molecule has 3 heterocycles. The van der Waals surface area contributed by atoms with Crippen molar-refractivity contribution < 1.29 is 4.79 Å². The van der Waals surface area contributed by atoms with Crippen molar-refractivity contribution >= 4 is 50.2 Å². The summed E-state index contributed by atoms with van der Waals surface area (Å²) in [6.07, 6.45) is 4.01. The molecule has 1 N–H and O–H groups in total. The molecule has 1 aliphatic rings. The van der Waals surface area contributed by atoms with Crippen LogP contribution in [0.25, 0.3) is 10.3 Å². The number of thioether (sulfide) groups is 1. The fourth-order valence-corrected chi connectivity index (χ4v) is 5.94. The number of carbonyl (C=O) groups excluding carboxylic acids is 1. The van der Waals surface area contributed by atoms with Gasteiger partial charge in [0.1, 0.15) is 16.1 Å². The summed E-state index contributed by atoms with van der Waals surface area (Å²) in [6.45, 7) is 10.5. The van der Waals surface area contributed by atoms with Crippen LogP contribution in [-0.4, -0.2) is 39.7 Å². The first-order valence-corrected chi connectivity index (χ1v) is 12.1. The van der Waals surface area contributed by atoms with Crippen LogP contribution in [0.4, 0.5) is 10.8 Å². The van der Waals surface area contributed by atoms with Gasteiger partial charge in [-0.15, -0.1) is 0 Å². The van der Waals surface area contributed by atoms with E-state index in [1.165, 1.54) is 30.2 Å². The summed E-state index contributed by atoms with van der Waals surface area (Å²) in [5, 5.41) is 4.89. The van der Waals surface area contributed by atoms with Gasteiger partial charge >= 0.3 is 0 Å². The van der Waals surface area contributed by atoms with Gasteiger partial charge in [0.25, 0.3) is 0 Å². The number of hydrogen-bond donors (Lipinski definition) is 1. The van der Waals surface area contributed by atoms with Crippen LogP contribution in [0.5, 0.6) is 0 Å². The van der Waals surface area contributed by atoms with Crippen molar-refractivity contribution in [3.8, 4) is 0 Å². The summed E-state index contributed by atoms with van der Waals surface area (Å²) >= 11 is 3.07. The Bertz CT molecular complexity index is 1060. The van der Waals surface area contributed by atoms with E-state index >= 15 is 0 Å². The van der Waals surface area contributed by atoms with Crippen LogP contribution < -0.4 is 10.2 Å². The number of hydrogen-bond acceptors (Lipinski definition) is 7. The molecule has 1 aromatic carbocycles. The Balaban J connectivity index is 1.47. The van der Waals surface area contributed by atoms with Crippen molar-refractivity contribution in [2.24, 2.45) is 5.92 Å². The third-order valence-electron chi connectivity index (χ3n) is 5.36. The van der Waals surface area contributed by atoms with Crippen molar-refractivity contribution in [2.45, 2.75) is 45.6 Å². The summed E-state index contributed by atoms with van der Waals surface area (Å²) in [5.74, 6) is 0.951. The zero-order chi connectivity index (χ0) is 21.3. The van der Waals surface area contributed by atoms with Crippen LogP contribution in [0.3, 0.4) is 0 Å². The molecule has 1 atom stereocenters. The summed E-state index contributed by atoms with van der Waals surface area (Å²) in [6, 6.07) is 4.17. The highest BCUT2D eigenvalue weighted by Crippen LogP contribution is 2.35. The van der Waals surface area contributed by atoms with Crippen LogP contribution >= 0.6 is 23.1 Å². The van der Waals surface area contributed by atoms with E-state index in [0.717, 1.165) is 50.4 Å². The van der Waals surface area contributed by atoms with Crippen molar-refractivity contribution in [3.05, 3.63) is 35.2 Å². The molecule has 2 aromatic heterocycles. The van der Waals surface area contributed by atoms with Crippen LogP contribution in [0, 0.1) is 26.7 Å². The summed E-state index contributed by atoms with van der Waals surface area (Å²) in [5.41, 5.74) is 4.98. The van der Waals surface area contributed by atoms with Gasteiger partial charge in [-0.3, -0.25) is 4.79 Å². The number of fused-ring (bicyclic) bond motifs is 1. The largest absolute Gasteiger partial charge is 0.348 e. The summed E-state index contributed by atoms with van der Waals surface area (Å²) in [7, 11) is 0. The number of aromatic nitrogens is 3. The Morgan fingerprint density at radius 1 is 1.27 bits per heavy atom. The molecule has 6 nitrogen and oxygen atoms in total. The van der Waals surface area contributed by atoms with E-state index in [2.05, 4.69) is 46.2 Å². The van der Waals surface area contributed by atoms with Gasteiger partial charge < -0.3 is 10.2 Å². The van der Waals surface area contributed by atoms with Gasteiger partial charge in [0.2, 0.25) is 5.91 Å². The lowest BCUT2D eigenvalue weighted by atomic mass is 10.0. The van der Waals surface area contributed by atoms with Gasteiger partial charge in [0.15, 0.2) is 10.8 Å². The van der Waals surface area contributed by atoms with Crippen LogP contribution in [0.15, 0.2) is 23.5 Å². The van der Waals surface area contributed by atoms with Gasteiger partial charge in [-0.05, 0) is 50.7 Å². The molecule has 158 valence electrons. The normalized spacial score (nSPS) is 16.8. The Hall–Kier alpha value is -2.19. The molecular weight excluding hydrogens is 414 g/mol. The van der Waals surface area contributed by atoms with Gasteiger partial charge in [0, 0.05) is 18.8 Å². The molecule has 1 saturated heterocycles. The number of amides is 1. The van der Waals surface area contributed by atoms with Crippen molar-refractivity contribution in [2.75, 3.05) is 29.1 Å². The number of anilines is 2. The fourth-order valence-electron chi connectivity index (χ4n) is 4.01. The molecule has 0 radical (unpaired) electrons. The number of nitrogens with one attached hydrogen (secondary N) is 1. The molecule has 3 aromatic rings. The number of nitrogens with zero attached hydrogens (tertiary/aromatic N) is 4. The van der Waals surface area contributed by atoms with Gasteiger partial charge in [-0.2, -0.15) is 4.98 Å². The minimum absolute atomic E-state index is 0.0311. The second-order valence-corrected chi connectivity index (χ2v) is 10.1. The van der Waals surface area contributed by atoms with E-state index in [4.69, 9.17) is 4.98 Å². The zero-order valence-corrected chi connectivity index (χ0v) is 19.5. The Morgan fingerprint density at radius 2 is 2.03 bits per heavy atom. The zero-order valence-electron chi connectivity index (χ0n) is 17.9. The van der Waals surface area contributed by atoms with E-state index in [-0.39, 0.29) is 5.91 Å². The second kappa shape index (κ2) is 8.89. The molecule has 1 aliphatic heterocycles. The maximum atomic E-state index is 12.6. The minimum Gasteiger partial charge on any atom is -0.348 e. The Morgan fingerprint density at radius 3 is 2.77 bits per heavy atom. The lowest BCUT2D eigenvalue weighted by Crippen LogP contribution is -2.34. The second-order valence-electron chi connectivity index (χ2n) is 8.13. The third kappa shape index (κ3) is 4.59. The first-order chi connectivity index (χ1) is 14.4. The predicted octanol–water partition coefficient (Wildman–Crippen LogP) is 4.98. The molecule has 30 heavy (non-hydrogen) atoms. The monoisotopic (exact) mass is 441 g/mol. The van der Waals surface area contributed by atoms with Gasteiger partial charge in [-0.1, -0.05) is 47.7 Å². The smallest absolute Gasteiger partial charge is 0.234 e. The van der Waals surface area contributed by atoms with Crippen LogP contribution in [0.2, 0.25) is 0 Å². The number of piperidine rings is 1. The maximum Gasteiger partial charge on any atom is 0.234 e. The predicted molar refractivity (Wildman–Crippen MR) is 126 cm³/mol. The standard InChI is InChI=1S/C22H27N5OS2/c1-13-6-5-7-27(10-13)22-26-20-19(30-22)21(24-12-23-20)29-11-17(28)25-18-15(3)8-14(2)9-16(18)4/h8-9,12-13H,5-7,10-11H2,1-4H3,(H,25,28). The van der Waals surface area contributed by atoms with E-state index < -0.39 is 0 Å². The number of rotatable bonds is 5. The lowest BCUT2D eigenvalue weighted by Gasteiger charge is -2.30. The maximum absolute atomic E-state index is 12.6. The molecular formula is C22H27N5OS2. The third-order valence-corrected chi connectivity index (χ3v) is 7.59. The van der Waals surface area contributed by atoms with E-state index in [1.807, 2.05) is 13.8 Å². The fraction of sp³-hybridized carbons (Fsp3) is 0.455. The van der Waals surface area contributed by atoms with Crippen molar-refractivity contribution in [1.82, 2.24) is 15.0 Å². The molecule has 0 spiro atoms. The van der Waals surface area contributed by atoms with Crippen LogP contribution in [-0.2, 0) is 4.79 Å². The Labute approximate surface area is 185 Å². The van der Waals surface area contributed by atoms with Gasteiger partial charge in [0.05, 0.1) is 5.75 Å². The van der Waals surface area contributed by atoms with E-state index in [1.54, 1.807) is 17.7 Å². The molecule has 0 bridgehead atoms.